The maximum absolute atomic E-state index is 9.85. The van der Waals surface area contributed by atoms with E-state index in [-0.39, 0.29) is 5.41 Å². The minimum Gasteiger partial charge on any atom is -0.383 e. The highest BCUT2D eigenvalue weighted by Crippen LogP contribution is 2.42. The number of hydrogen-bond donors (Lipinski definition) is 2. The average Bonchev–Trinajstić information content (AvgIpc) is 3.66. The van der Waals surface area contributed by atoms with Gasteiger partial charge in [0.25, 0.3) is 0 Å². The van der Waals surface area contributed by atoms with E-state index in [0.29, 0.717) is 55.7 Å². The Bertz CT molecular complexity index is 1660. The van der Waals surface area contributed by atoms with Crippen molar-refractivity contribution in [1.29, 1.82) is 10.5 Å². The van der Waals surface area contributed by atoms with Crippen molar-refractivity contribution < 1.29 is 1.37 Å². The molecule has 2 aliphatic carbocycles. The Morgan fingerprint density at radius 1 is 1.24 bits per heavy atom. The van der Waals surface area contributed by atoms with E-state index in [1.54, 1.807) is 47.4 Å². The first-order valence-electron chi connectivity index (χ1n) is 13.3. The van der Waals surface area contributed by atoms with E-state index in [4.69, 9.17) is 11.6 Å². The van der Waals surface area contributed by atoms with Crippen LogP contribution in [0, 0.1) is 28.1 Å². The number of pyridine rings is 1. The van der Waals surface area contributed by atoms with Gasteiger partial charge in [0.1, 0.15) is 11.8 Å². The molecule has 2 aromatic carbocycles. The lowest BCUT2D eigenvalue weighted by Crippen LogP contribution is -2.33. The number of anilines is 2. The number of fused-ring (bicyclic) bond motifs is 1. The molecule has 2 aliphatic rings. The number of rotatable bonds is 8. The third-order valence-corrected chi connectivity index (χ3v) is 7.82. The quantitative estimate of drug-likeness (QED) is 0.276. The van der Waals surface area contributed by atoms with Crippen molar-refractivity contribution in [3.05, 3.63) is 76.2 Å². The van der Waals surface area contributed by atoms with Crippen molar-refractivity contribution >= 4 is 33.9 Å². The van der Waals surface area contributed by atoms with Gasteiger partial charge in [0.05, 0.1) is 53.1 Å². The normalized spacial score (nSPS) is 17.9. The second-order valence-electron chi connectivity index (χ2n) is 10.5. The summed E-state index contributed by atoms with van der Waals surface area (Å²) in [7, 11) is 0. The molecule has 1 atom stereocenters. The molecule has 2 aromatic heterocycles. The summed E-state index contributed by atoms with van der Waals surface area (Å²) in [5, 5.41) is 35.9. The molecule has 0 radical (unpaired) electrons. The molecule has 8 nitrogen and oxygen atoms in total. The highest BCUT2D eigenvalue weighted by Gasteiger charge is 2.32. The first kappa shape index (κ1) is 23.0. The molecule has 1 unspecified atom stereocenters. The molecule has 9 heteroatoms. The van der Waals surface area contributed by atoms with E-state index in [2.05, 4.69) is 45.0 Å². The monoisotopic (exact) mass is 523 g/mol. The number of hydrogen-bond acceptors (Lipinski definition) is 7. The van der Waals surface area contributed by atoms with Crippen molar-refractivity contribution in [2.45, 2.75) is 51.1 Å². The maximum Gasteiger partial charge on any atom is 0.109 e. The predicted molar refractivity (Wildman–Crippen MR) is 147 cm³/mol. The fourth-order valence-corrected chi connectivity index (χ4v) is 5.22. The molecule has 0 aliphatic heterocycles. The molecule has 190 valence electrons. The summed E-state index contributed by atoms with van der Waals surface area (Å²) in [4.78, 5) is 4.47. The fraction of sp³-hybridized carbons (Fsp3) is 0.345. The SMILES string of the molecule is [2H]C(Nc1cc(Cl)c2ncc(C#N)c(NCC3(C)CCC3)c2c1)(c1cccc(C#N)c1)c1cn(C2CC2)nn1. The van der Waals surface area contributed by atoms with Gasteiger partial charge < -0.3 is 10.6 Å². The lowest BCUT2D eigenvalue weighted by atomic mass is 9.70. The number of nitrogens with zero attached hydrogens (tertiary/aromatic N) is 6. The standard InChI is InChI=1S/C29H27ClN8/c1-29(8-3-9-29)17-34-26-20(14-32)15-33-28-23(26)11-21(12-24(28)30)35-27(19-5-2-4-18(10-19)13-31)25-16-38(37-36-25)22-6-7-22/h2,4-5,10-12,15-16,22,27,35H,3,6-9,17H2,1H3,(H,33,34)/i27D. The lowest BCUT2D eigenvalue weighted by Gasteiger charge is -2.38. The molecule has 0 saturated heterocycles. The van der Waals surface area contributed by atoms with Gasteiger partial charge in [0.2, 0.25) is 0 Å². The molecular formula is C29H27ClN8. The molecule has 0 amide bonds. The first-order valence-corrected chi connectivity index (χ1v) is 13.2. The first-order chi connectivity index (χ1) is 18.8. The van der Waals surface area contributed by atoms with Crippen molar-refractivity contribution in [2.24, 2.45) is 5.41 Å². The number of nitrogens with one attached hydrogen (secondary N) is 2. The predicted octanol–water partition coefficient (Wildman–Crippen LogP) is 6.36. The molecule has 2 saturated carbocycles. The van der Waals surface area contributed by atoms with E-state index in [1.165, 1.54) is 6.42 Å². The Morgan fingerprint density at radius 2 is 2.08 bits per heavy atom. The number of aromatic nitrogens is 4. The Morgan fingerprint density at radius 3 is 2.79 bits per heavy atom. The van der Waals surface area contributed by atoms with Gasteiger partial charge >= 0.3 is 0 Å². The van der Waals surface area contributed by atoms with Crippen LogP contribution in [0.15, 0.2) is 48.8 Å². The van der Waals surface area contributed by atoms with Crippen LogP contribution < -0.4 is 10.6 Å². The smallest absolute Gasteiger partial charge is 0.109 e. The van der Waals surface area contributed by atoms with Crippen LogP contribution in [0.1, 0.15) is 74.8 Å². The molecular weight excluding hydrogens is 496 g/mol. The van der Waals surface area contributed by atoms with Crippen LogP contribution in [-0.2, 0) is 0 Å². The van der Waals surface area contributed by atoms with E-state index < -0.39 is 6.02 Å². The van der Waals surface area contributed by atoms with Gasteiger partial charge in [0.15, 0.2) is 0 Å². The Balaban J connectivity index is 1.45. The summed E-state index contributed by atoms with van der Waals surface area (Å²) >= 11 is 6.73. The van der Waals surface area contributed by atoms with Crippen LogP contribution in [0.5, 0.6) is 0 Å². The van der Waals surface area contributed by atoms with Crippen LogP contribution in [-0.4, -0.2) is 26.5 Å². The minimum absolute atomic E-state index is 0.192. The summed E-state index contributed by atoms with van der Waals surface area (Å²) < 4.78 is 11.4. The van der Waals surface area contributed by atoms with Crippen LogP contribution in [0.2, 0.25) is 5.02 Å². The molecule has 38 heavy (non-hydrogen) atoms. The Hall–Kier alpha value is -4.14. The average molecular weight is 524 g/mol. The number of benzene rings is 2. The van der Waals surface area contributed by atoms with Gasteiger partial charge in [0, 0.05) is 23.8 Å². The van der Waals surface area contributed by atoms with Gasteiger partial charge in [-0.1, -0.05) is 42.3 Å². The van der Waals surface area contributed by atoms with E-state index in [1.807, 2.05) is 6.07 Å². The van der Waals surface area contributed by atoms with E-state index in [9.17, 15) is 11.9 Å². The number of nitriles is 2. The fourth-order valence-electron chi connectivity index (χ4n) is 4.95. The van der Waals surface area contributed by atoms with Crippen molar-refractivity contribution in [3.63, 3.8) is 0 Å². The molecule has 2 fully saturated rings. The summed E-state index contributed by atoms with van der Waals surface area (Å²) in [6.07, 6.45) is 8.91. The molecule has 2 N–H and O–H groups in total. The van der Waals surface area contributed by atoms with Crippen LogP contribution >= 0.6 is 11.6 Å². The van der Waals surface area contributed by atoms with Gasteiger partial charge in [-0.25, -0.2) is 4.68 Å². The lowest BCUT2D eigenvalue weighted by molar-refractivity contribution is 0.180. The van der Waals surface area contributed by atoms with Crippen molar-refractivity contribution in [2.75, 3.05) is 17.2 Å². The van der Waals surface area contributed by atoms with Gasteiger partial charge in [-0.2, -0.15) is 10.5 Å². The van der Waals surface area contributed by atoms with Crippen LogP contribution in [0.3, 0.4) is 0 Å². The summed E-state index contributed by atoms with van der Waals surface area (Å²) in [6.45, 7) is 2.99. The second-order valence-corrected chi connectivity index (χ2v) is 10.9. The Labute approximate surface area is 227 Å². The summed E-state index contributed by atoms with van der Waals surface area (Å²) in [6, 6.07) is 13.7. The second kappa shape index (κ2) is 9.63. The van der Waals surface area contributed by atoms with E-state index >= 15 is 0 Å². The van der Waals surface area contributed by atoms with Crippen LogP contribution in [0.25, 0.3) is 10.9 Å². The van der Waals surface area contributed by atoms with Gasteiger partial charge in [-0.15, -0.1) is 5.10 Å². The summed E-state index contributed by atoms with van der Waals surface area (Å²) in [5.41, 5.74) is 3.83. The number of halogens is 1. The van der Waals surface area contributed by atoms with E-state index in [0.717, 1.165) is 32.2 Å². The van der Waals surface area contributed by atoms with Crippen molar-refractivity contribution in [1.82, 2.24) is 20.0 Å². The minimum atomic E-state index is -1.57. The third-order valence-electron chi connectivity index (χ3n) is 7.53. The zero-order valence-corrected chi connectivity index (χ0v) is 21.8. The highest BCUT2D eigenvalue weighted by atomic mass is 35.5. The van der Waals surface area contributed by atoms with Crippen molar-refractivity contribution in [3.8, 4) is 12.1 Å². The molecule has 0 bridgehead atoms. The van der Waals surface area contributed by atoms with Gasteiger partial charge in [-0.05, 0) is 60.9 Å². The topological polar surface area (TPSA) is 115 Å². The highest BCUT2D eigenvalue weighted by molar-refractivity contribution is 6.35. The molecule has 0 spiro atoms. The third kappa shape index (κ3) is 4.64. The van der Waals surface area contributed by atoms with Crippen LogP contribution in [0.4, 0.5) is 11.4 Å². The maximum atomic E-state index is 9.85. The molecule has 4 aromatic rings. The zero-order valence-electron chi connectivity index (χ0n) is 22.0. The van der Waals surface area contributed by atoms with Gasteiger partial charge in [-0.3, -0.25) is 4.98 Å². The summed E-state index contributed by atoms with van der Waals surface area (Å²) in [5.74, 6) is 0. The largest absolute Gasteiger partial charge is 0.383 e. The Kier molecular flexibility index (Phi) is 5.83. The zero-order chi connectivity index (χ0) is 27.2. The molecule has 2 heterocycles. The molecule has 6 rings (SSSR count).